The Bertz CT molecular complexity index is 422. The second-order valence-electron chi connectivity index (χ2n) is 5.33. The zero-order valence-corrected chi connectivity index (χ0v) is 12.4. The van der Waals surface area contributed by atoms with Crippen LogP contribution in [0.25, 0.3) is 0 Å². The Labute approximate surface area is 119 Å². The minimum Gasteiger partial charge on any atom is -0.329 e. The van der Waals surface area contributed by atoms with Crippen LogP contribution in [-0.2, 0) is 0 Å². The van der Waals surface area contributed by atoms with Crippen molar-refractivity contribution in [1.29, 1.82) is 0 Å². The largest absolute Gasteiger partial charge is 0.329 e. The van der Waals surface area contributed by atoms with Gasteiger partial charge < -0.3 is 5.73 Å². The van der Waals surface area contributed by atoms with E-state index in [-0.39, 0.29) is 6.04 Å². The summed E-state index contributed by atoms with van der Waals surface area (Å²) < 4.78 is 0. The molecule has 0 amide bonds. The minimum atomic E-state index is 0.143. The van der Waals surface area contributed by atoms with E-state index in [1.54, 1.807) is 0 Å². The normalized spacial score (nSPS) is 24.3. The van der Waals surface area contributed by atoms with Gasteiger partial charge in [-0.25, -0.2) is 0 Å². The number of hydrogen-bond donors (Lipinski definition) is 1. The molecular formula is C14H20Cl2N2. The van der Waals surface area contributed by atoms with Crippen molar-refractivity contribution in [2.24, 2.45) is 17.6 Å². The number of hydrogen-bond acceptors (Lipinski definition) is 2. The lowest BCUT2D eigenvalue weighted by molar-refractivity contribution is 0.237. The smallest absolute Gasteiger partial charge is 0.0482 e. The van der Waals surface area contributed by atoms with Crippen molar-refractivity contribution < 1.29 is 0 Å². The Morgan fingerprint density at radius 3 is 2.67 bits per heavy atom. The van der Waals surface area contributed by atoms with Crippen LogP contribution in [0.3, 0.4) is 0 Å². The molecule has 0 heterocycles. The van der Waals surface area contributed by atoms with Crippen LogP contribution in [-0.4, -0.2) is 25.0 Å². The highest BCUT2D eigenvalue weighted by Gasteiger charge is 2.34. The van der Waals surface area contributed by atoms with Gasteiger partial charge in [-0.3, -0.25) is 4.90 Å². The monoisotopic (exact) mass is 286 g/mol. The molecule has 1 aliphatic carbocycles. The summed E-state index contributed by atoms with van der Waals surface area (Å²) in [7, 11) is 2.11. The molecule has 2 rings (SSSR count). The van der Waals surface area contributed by atoms with E-state index in [9.17, 15) is 0 Å². The Morgan fingerprint density at radius 2 is 2.11 bits per heavy atom. The van der Waals surface area contributed by atoms with E-state index in [0.717, 1.165) is 29.0 Å². The lowest BCUT2D eigenvalue weighted by Crippen LogP contribution is -2.32. The van der Waals surface area contributed by atoms with Crippen LogP contribution in [0.4, 0.5) is 0 Å². The molecule has 4 heteroatoms. The average molecular weight is 287 g/mol. The maximum atomic E-state index is 6.25. The molecule has 18 heavy (non-hydrogen) atoms. The third-order valence-corrected chi connectivity index (χ3v) is 4.45. The number of nitrogens with zero attached hydrogens (tertiary/aromatic N) is 1. The summed E-state index contributed by atoms with van der Waals surface area (Å²) in [5.41, 5.74) is 6.94. The number of nitrogens with two attached hydrogens (primary N) is 1. The van der Waals surface area contributed by atoms with E-state index in [1.807, 2.05) is 18.2 Å². The second-order valence-corrected chi connectivity index (χ2v) is 6.17. The van der Waals surface area contributed by atoms with Gasteiger partial charge in [0.25, 0.3) is 0 Å². The van der Waals surface area contributed by atoms with Gasteiger partial charge in [0.1, 0.15) is 0 Å². The van der Waals surface area contributed by atoms with Crippen LogP contribution in [0.15, 0.2) is 18.2 Å². The molecule has 3 atom stereocenters. The first kappa shape index (κ1) is 14.1. The van der Waals surface area contributed by atoms with E-state index >= 15 is 0 Å². The van der Waals surface area contributed by atoms with Crippen LogP contribution in [0.2, 0.25) is 10.0 Å². The molecule has 2 nitrogen and oxygen atoms in total. The predicted octanol–water partition coefficient (Wildman–Crippen LogP) is 3.58. The molecule has 0 aromatic heterocycles. The van der Waals surface area contributed by atoms with Crippen LogP contribution < -0.4 is 5.73 Å². The van der Waals surface area contributed by atoms with Crippen LogP contribution in [0.1, 0.15) is 24.9 Å². The molecule has 1 saturated carbocycles. The van der Waals surface area contributed by atoms with Crippen molar-refractivity contribution in [2.45, 2.75) is 19.4 Å². The minimum absolute atomic E-state index is 0.143. The number of benzene rings is 1. The van der Waals surface area contributed by atoms with Gasteiger partial charge in [0.05, 0.1) is 0 Å². The zero-order chi connectivity index (χ0) is 13.3. The Kier molecular flexibility index (Phi) is 4.54. The first-order valence-corrected chi connectivity index (χ1v) is 7.13. The van der Waals surface area contributed by atoms with E-state index in [1.165, 1.54) is 6.42 Å². The van der Waals surface area contributed by atoms with Gasteiger partial charge in [-0.05, 0) is 49.1 Å². The summed E-state index contributed by atoms with van der Waals surface area (Å²) in [6, 6.07) is 5.72. The molecule has 3 unspecified atom stereocenters. The van der Waals surface area contributed by atoms with E-state index in [0.29, 0.717) is 11.6 Å². The lowest BCUT2D eigenvalue weighted by atomic mass is 10.1. The Hall–Kier alpha value is -0.280. The first-order chi connectivity index (χ1) is 8.52. The van der Waals surface area contributed by atoms with Crippen molar-refractivity contribution in [3.63, 3.8) is 0 Å². The molecular weight excluding hydrogens is 267 g/mol. The first-order valence-electron chi connectivity index (χ1n) is 6.38. The van der Waals surface area contributed by atoms with E-state index < -0.39 is 0 Å². The summed E-state index contributed by atoms with van der Waals surface area (Å²) in [6.07, 6.45) is 1.32. The summed E-state index contributed by atoms with van der Waals surface area (Å²) >= 11 is 12.3. The average Bonchev–Trinajstić information content (AvgIpc) is 3.00. The summed E-state index contributed by atoms with van der Waals surface area (Å²) in [5.74, 6) is 1.66. The second kappa shape index (κ2) is 5.79. The maximum Gasteiger partial charge on any atom is 0.0482 e. The Morgan fingerprint density at radius 1 is 1.44 bits per heavy atom. The van der Waals surface area contributed by atoms with Crippen molar-refractivity contribution in [3.05, 3.63) is 33.8 Å². The quantitative estimate of drug-likeness (QED) is 0.897. The van der Waals surface area contributed by atoms with Crippen LogP contribution >= 0.6 is 23.2 Å². The van der Waals surface area contributed by atoms with Gasteiger partial charge in [0.2, 0.25) is 0 Å². The van der Waals surface area contributed by atoms with Crippen molar-refractivity contribution in [2.75, 3.05) is 20.1 Å². The highest BCUT2D eigenvalue weighted by Crippen LogP contribution is 2.39. The molecule has 2 N–H and O–H groups in total. The maximum absolute atomic E-state index is 6.25. The number of halogens is 2. The predicted molar refractivity (Wildman–Crippen MR) is 78.2 cm³/mol. The zero-order valence-electron chi connectivity index (χ0n) is 10.9. The fraction of sp³-hybridized carbons (Fsp3) is 0.571. The molecule has 1 aromatic rings. The van der Waals surface area contributed by atoms with Crippen molar-refractivity contribution in [3.8, 4) is 0 Å². The third kappa shape index (κ3) is 3.18. The molecule has 0 radical (unpaired) electrons. The molecule has 100 valence electrons. The summed E-state index contributed by atoms with van der Waals surface area (Å²) in [5, 5.41) is 1.45. The van der Waals surface area contributed by atoms with Crippen molar-refractivity contribution in [1.82, 2.24) is 4.90 Å². The molecule has 1 fully saturated rings. The molecule has 0 aliphatic heterocycles. The van der Waals surface area contributed by atoms with Gasteiger partial charge in [-0.2, -0.15) is 0 Å². The van der Waals surface area contributed by atoms with Gasteiger partial charge in [-0.1, -0.05) is 30.1 Å². The van der Waals surface area contributed by atoms with E-state index in [2.05, 4.69) is 18.9 Å². The standard InChI is InChI=1S/C14H20Cl2N2/c1-9-5-10(9)8-18(2)14(7-17)12-6-11(15)3-4-13(12)16/h3-4,6,9-10,14H,5,7-8,17H2,1-2H3. The fourth-order valence-electron chi connectivity index (χ4n) is 2.46. The lowest BCUT2D eigenvalue weighted by Gasteiger charge is -2.28. The summed E-state index contributed by atoms with van der Waals surface area (Å²) in [6.45, 7) is 3.92. The molecule has 0 saturated heterocycles. The topological polar surface area (TPSA) is 29.3 Å². The molecule has 0 bridgehead atoms. The molecule has 1 aliphatic rings. The highest BCUT2D eigenvalue weighted by molar-refractivity contribution is 6.33. The Balaban J connectivity index is 2.13. The van der Waals surface area contributed by atoms with Crippen LogP contribution in [0, 0.1) is 11.8 Å². The van der Waals surface area contributed by atoms with Gasteiger partial charge in [0, 0.05) is 29.2 Å². The highest BCUT2D eigenvalue weighted by atomic mass is 35.5. The summed E-state index contributed by atoms with van der Waals surface area (Å²) in [4.78, 5) is 2.30. The van der Waals surface area contributed by atoms with E-state index in [4.69, 9.17) is 28.9 Å². The number of rotatable bonds is 5. The fourth-order valence-corrected chi connectivity index (χ4v) is 2.89. The van der Waals surface area contributed by atoms with Gasteiger partial charge in [0.15, 0.2) is 0 Å². The third-order valence-electron chi connectivity index (χ3n) is 3.87. The molecule has 0 spiro atoms. The van der Waals surface area contributed by atoms with Crippen LogP contribution in [0.5, 0.6) is 0 Å². The van der Waals surface area contributed by atoms with Gasteiger partial charge in [-0.15, -0.1) is 0 Å². The number of likely N-dealkylation sites (N-methyl/N-ethyl adjacent to an activating group) is 1. The molecule has 1 aromatic carbocycles. The van der Waals surface area contributed by atoms with Gasteiger partial charge >= 0.3 is 0 Å². The van der Waals surface area contributed by atoms with Crippen molar-refractivity contribution >= 4 is 23.2 Å². The SMILES string of the molecule is CC1CC1CN(C)C(CN)c1cc(Cl)ccc1Cl.